The van der Waals surface area contributed by atoms with Crippen LogP contribution in [-0.2, 0) is 6.42 Å². The Kier molecular flexibility index (Phi) is 4.32. The smallest absolute Gasteiger partial charge is 0.0605 e. The first-order valence-corrected chi connectivity index (χ1v) is 8.27. The number of fused-ring (bicyclic) bond motifs is 1. The van der Waals surface area contributed by atoms with Crippen molar-refractivity contribution < 1.29 is 0 Å². The lowest BCUT2D eigenvalue weighted by molar-refractivity contribution is 0.536. The highest BCUT2D eigenvalue weighted by Gasteiger charge is 2.16. The Balaban J connectivity index is 1.94. The molecule has 2 aromatic heterocycles. The summed E-state index contributed by atoms with van der Waals surface area (Å²) >= 11 is 1.83. The van der Waals surface area contributed by atoms with Crippen LogP contribution in [-0.4, -0.2) is 11.5 Å². The average molecular weight is 296 g/mol. The number of aryl methyl sites for hydroxylation is 1. The number of nitrogens with zero attached hydrogens (tertiary/aromatic N) is 1. The molecule has 0 aliphatic rings. The fourth-order valence-electron chi connectivity index (χ4n) is 2.79. The molecular weight excluding hydrogens is 276 g/mol. The van der Waals surface area contributed by atoms with E-state index in [2.05, 4.69) is 59.9 Å². The van der Waals surface area contributed by atoms with E-state index in [1.54, 1.807) is 0 Å². The van der Waals surface area contributed by atoms with E-state index >= 15 is 0 Å². The van der Waals surface area contributed by atoms with Gasteiger partial charge in [-0.15, -0.1) is 11.3 Å². The van der Waals surface area contributed by atoms with E-state index in [1.807, 2.05) is 23.6 Å². The van der Waals surface area contributed by atoms with Gasteiger partial charge in [-0.2, -0.15) is 0 Å². The van der Waals surface area contributed by atoms with Crippen LogP contribution in [0.25, 0.3) is 10.1 Å². The normalized spacial score (nSPS) is 12.7. The van der Waals surface area contributed by atoms with Gasteiger partial charge in [0.05, 0.1) is 11.7 Å². The molecule has 0 amide bonds. The van der Waals surface area contributed by atoms with Gasteiger partial charge in [0.2, 0.25) is 0 Å². The molecule has 1 aromatic carbocycles. The minimum Gasteiger partial charge on any atom is -0.309 e. The van der Waals surface area contributed by atoms with Gasteiger partial charge in [0.25, 0.3) is 0 Å². The summed E-state index contributed by atoms with van der Waals surface area (Å²) in [4.78, 5) is 4.60. The summed E-state index contributed by atoms with van der Waals surface area (Å²) in [6.45, 7) is 5.23. The van der Waals surface area contributed by atoms with Crippen molar-refractivity contribution in [2.45, 2.75) is 26.3 Å². The van der Waals surface area contributed by atoms with Crippen molar-refractivity contribution in [3.05, 3.63) is 64.8 Å². The Morgan fingerprint density at radius 2 is 2.05 bits per heavy atom. The van der Waals surface area contributed by atoms with Crippen molar-refractivity contribution in [3.63, 3.8) is 0 Å². The molecule has 0 aliphatic heterocycles. The van der Waals surface area contributed by atoms with Crippen LogP contribution >= 0.6 is 11.3 Å². The van der Waals surface area contributed by atoms with Gasteiger partial charge in [0.15, 0.2) is 0 Å². The fraction of sp³-hybridized carbons (Fsp3) is 0.278. The maximum absolute atomic E-state index is 4.60. The van der Waals surface area contributed by atoms with Gasteiger partial charge in [-0.3, -0.25) is 4.98 Å². The molecular formula is C18H20N2S. The van der Waals surface area contributed by atoms with Gasteiger partial charge in [-0.05, 0) is 53.9 Å². The van der Waals surface area contributed by atoms with E-state index in [9.17, 15) is 0 Å². The fourth-order valence-corrected chi connectivity index (χ4v) is 3.76. The molecule has 0 saturated carbocycles. The standard InChI is InChI=1S/C18H20N2S/c1-3-19-16(18-13(2)7-6-10-20-18)11-14-12-21-17-9-5-4-8-15(14)17/h4-10,12,16,19H,3,11H2,1-2H3. The van der Waals surface area contributed by atoms with Crippen LogP contribution in [0.2, 0.25) is 0 Å². The van der Waals surface area contributed by atoms with Gasteiger partial charge in [-0.25, -0.2) is 0 Å². The largest absolute Gasteiger partial charge is 0.309 e. The Bertz CT molecular complexity index is 733. The second-order valence-electron chi connectivity index (χ2n) is 5.28. The first kappa shape index (κ1) is 14.2. The lowest BCUT2D eigenvalue weighted by Crippen LogP contribution is -2.24. The van der Waals surface area contributed by atoms with E-state index in [4.69, 9.17) is 0 Å². The van der Waals surface area contributed by atoms with Gasteiger partial charge in [0.1, 0.15) is 0 Å². The number of nitrogens with one attached hydrogen (secondary N) is 1. The number of aromatic nitrogens is 1. The number of pyridine rings is 1. The molecule has 1 N–H and O–H groups in total. The third kappa shape index (κ3) is 2.99. The van der Waals surface area contributed by atoms with Gasteiger partial charge in [0, 0.05) is 10.9 Å². The lowest BCUT2D eigenvalue weighted by atomic mass is 9.99. The predicted molar refractivity (Wildman–Crippen MR) is 90.9 cm³/mol. The molecule has 0 spiro atoms. The third-order valence-corrected chi connectivity index (χ3v) is 4.83. The second-order valence-corrected chi connectivity index (χ2v) is 6.19. The van der Waals surface area contributed by atoms with E-state index < -0.39 is 0 Å². The zero-order valence-corrected chi connectivity index (χ0v) is 13.3. The van der Waals surface area contributed by atoms with Gasteiger partial charge in [-0.1, -0.05) is 31.2 Å². The second kappa shape index (κ2) is 6.37. The Hall–Kier alpha value is -1.71. The first-order chi connectivity index (χ1) is 10.3. The highest BCUT2D eigenvalue weighted by atomic mass is 32.1. The minimum absolute atomic E-state index is 0.272. The van der Waals surface area contributed by atoms with Crippen LogP contribution in [0.4, 0.5) is 0 Å². The molecule has 3 heteroatoms. The summed E-state index contributed by atoms with van der Waals surface area (Å²) in [5.41, 5.74) is 3.82. The number of thiophene rings is 1. The number of rotatable bonds is 5. The number of likely N-dealkylation sites (N-methyl/N-ethyl adjacent to an activating group) is 1. The molecule has 21 heavy (non-hydrogen) atoms. The zero-order chi connectivity index (χ0) is 14.7. The van der Waals surface area contributed by atoms with Crippen molar-refractivity contribution >= 4 is 21.4 Å². The topological polar surface area (TPSA) is 24.9 Å². The summed E-state index contributed by atoms with van der Waals surface area (Å²) < 4.78 is 1.36. The Labute approximate surface area is 129 Å². The number of benzene rings is 1. The molecule has 0 saturated heterocycles. The van der Waals surface area contributed by atoms with Crippen molar-refractivity contribution in [1.29, 1.82) is 0 Å². The monoisotopic (exact) mass is 296 g/mol. The van der Waals surface area contributed by atoms with Gasteiger partial charge >= 0.3 is 0 Å². The summed E-state index contributed by atoms with van der Waals surface area (Å²) in [7, 11) is 0. The Morgan fingerprint density at radius 1 is 1.19 bits per heavy atom. The van der Waals surface area contributed by atoms with Crippen LogP contribution in [0.1, 0.15) is 29.8 Å². The molecule has 2 nitrogen and oxygen atoms in total. The van der Waals surface area contributed by atoms with Crippen molar-refractivity contribution in [3.8, 4) is 0 Å². The Morgan fingerprint density at radius 3 is 2.86 bits per heavy atom. The molecule has 1 atom stereocenters. The van der Waals surface area contributed by atoms with Gasteiger partial charge < -0.3 is 5.32 Å². The summed E-state index contributed by atoms with van der Waals surface area (Å²) in [5.74, 6) is 0. The highest BCUT2D eigenvalue weighted by Crippen LogP contribution is 2.29. The third-order valence-electron chi connectivity index (χ3n) is 3.82. The number of hydrogen-bond donors (Lipinski definition) is 1. The SMILES string of the molecule is CCNC(Cc1csc2ccccc12)c1ncccc1C. The van der Waals surface area contributed by atoms with Crippen molar-refractivity contribution in [1.82, 2.24) is 10.3 Å². The first-order valence-electron chi connectivity index (χ1n) is 7.39. The average Bonchev–Trinajstić information content (AvgIpc) is 2.91. The summed E-state index contributed by atoms with van der Waals surface area (Å²) in [5, 5.41) is 7.24. The van der Waals surface area contributed by atoms with Crippen molar-refractivity contribution in [2.24, 2.45) is 0 Å². The van der Waals surface area contributed by atoms with Crippen LogP contribution in [0.3, 0.4) is 0 Å². The van der Waals surface area contributed by atoms with E-state index in [0.717, 1.165) is 18.7 Å². The molecule has 2 heterocycles. The quantitative estimate of drug-likeness (QED) is 0.750. The number of hydrogen-bond acceptors (Lipinski definition) is 3. The molecule has 0 bridgehead atoms. The predicted octanol–water partition coefficient (Wildman–Crippen LogP) is 4.50. The summed E-state index contributed by atoms with van der Waals surface area (Å²) in [6.07, 6.45) is 2.87. The van der Waals surface area contributed by atoms with Crippen LogP contribution in [0, 0.1) is 6.92 Å². The van der Waals surface area contributed by atoms with Crippen LogP contribution < -0.4 is 5.32 Å². The summed E-state index contributed by atoms with van der Waals surface area (Å²) in [6, 6.07) is 13.0. The molecule has 108 valence electrons. The molecule has 3 rings (SSSR count). The molecule has 0 fully saturated rings. The van der Waals surface area contributed by atoms with Crippen molar-refractivity contribution in [2.75, 3.05) is 6.54 Å². The van der Waals surface area contributed by atoms with Crippen LogP contribution in [0.15, 0.2) is 48.0 Å². The van der Waals surface area contributed by atoms with E-state index in [1.165, 1.54) is 21.2 Å². The highest BCUT2D eigenvalue weighted by molar-refractivity contribution is 7.17. The van der Waals surface area contributed by atoms with Crippen LogP contribution in [0.5, 0.6) is 0 Å². The lowest BCUT2D eigenvalue weighted by Gasteiger charge is -2.19. The maximum Gasteiger partial charge on any atom is 0.0605 e. The maximum atomic E-state index is 4.60. The molecule has 0 aliphatic carbocycles. The van der Waals surface area contributed by atoms with E-state index in [-0.39, 0.29) is 6.04 Å². The molecule has 1 unspecified atom stereocenters. The minimum atomic E-state index is 0.272. The van der Waals surface area contributed by atoms with E-state index in [0.29, 0.717) is 0 Å². The molecule has 0 radical (unpaired) electrons. The molecule has 3 aromatic rings. The zero-order valence-electron chi connectivity index (χ0n) is 12.5.